The Kier molecular flexibility index (Phi) is 9.19. The molecule has 1 aliphatic heterocycles. The molecule has 1 fully saturated rings. The molecule has 1 atom stereocenters. The van der Waals surface area contributed by atoms with Crippen molar-refractivity contribution >= 4 is 17.6 Å². The summed E-state index contributed by atoms with van der Waals surface area (Å²) in [5.74, 6) is -0.102. The van der Waals surface area contributed by atoms with Gasteiger partial charge < -0.3 is 19.7 Å². The number of rotatable bonds is 10. The van der Waals surface area contributed by atoms with Gasteiger partial charge in [-0.25, -0.2) is 4.79 Å². The lowest BCUT2D eigenvalue weighted by Crippen LogP contribution is -2.34. The topological polar surface area (TPSA) is 67.9 Å². The predicted molar refractivity (Wildman–Crippen MR) is 146 cm³/mol. The molecule has 4 rings (SSSR count). The lowest BCUT2D eigenvalue weighted by molar-refractivity contribution is -0.120. The molecule has 1 amide bonds. The summed E-state index contributed by atoms with van der Waals surface area (Å²) < 4.78 is 10.8. The molecular formula is C31H36N2O4. The van der Waals surface area contributed by atoms with E-state index < -0.39 is 5.97 Å². The van der Waals surface area contributed by atoms with Crippen molar-refractivity contribution in [2.45, 2.75) is 45.6 Å². The predicted octanol–water partition coefficient (Wildman–Crippen LogP) is 5.70. The molecule has 1 heterocycles. The Labute approximate surface area is 219 Å². The van der Waals surface area contributed by atoms with Crippen LogP contribution in [0.5, 0.6) is 5.75 Å². The number of carbonyl (C=O) groups is 2. The number of hydrogen-bond donors (Lipinski definition) is 1. The van der Waals surface area contributed by atoms with E-state index in [9.17, 15) is 9.59 Å². The Morgan fingerprint density at radius 1 is 0.892 bits per heavy atom. The van der Waals surface area contributed by atoms with Crippen molar-refractivity contribution in [2.75, 3.05) is 31.2 Å². The second-order valence-corrected chi connectivity index (χ2v) is 9.18. The van der Waals surface area contributed by atoms with Crippen LogP contribution < -0.4 is 15.0 Å². The van der Waals surface area contributed by atoms with E-state index in [2.05, 4.69) is 40.5 Å². The molecular weight excluding hydrogens is 464 g/mol. The van der Waals surface area contributed by atoms with Gasteiger partial charge in [0.15, 0.2) is 0 Å². The summed E-state index contributed by atoms with van der Waals surface area (Å²) in [6.45, 7) is 6.38. The number of carbonyl (C=O) groups excluding carboxylic acids is 2. The highest BCUT2D eigenvalue weighted by molar-refractivity contribution is 5.93. The minimum atomic E-state index is -0.430. The third-order valence-corrected chi connectivity index (χ3v) is 6.59. The van der Waals surface area contributed by atoms with Gasteiger partial charge in [-0.15, -0.1) is 0 Å². The van der Waals surface area contributed by atoms with E-state index in [-0.39, 0.29) is 25.0 Å². The number of nitrogens with one attached hydrogen (secondary N) is 1. The number of ether oxygens (including phenoxy) is 2. The van der Waals surface area contributed by atoms with Gasteiger partial charge in [-0.05, 0) is 62.4 Å². The summed E-state index contributed by atoms with van der Waals surface area (Å²) in [6.07, 6.45) is 3.79. The number of esters is 1. The van der Waals surface area contributed by atoms with E-state index in [1.165, 1.54) is 24.9 Å². The third-order valence-electron chi connectivity index (χ3n) is 6.59. The molecule has 6 heteroatoms. The lowest BCUT2D eigenvalue weighted by Gasteiger charge is -2.33. The molecule has 1 saturated heterocycles. The van der Waals surface area contributed by atoms with Crippen LogP contribution in [0.4, 0.5) is 5.69 Å². The number of nitrogens with zero attached hydrogens (tertiary/aromatic N) is 1. The van der Waals surface area contributed by atoms with Gasteiger partial charge in [0.25, 0.3) is 0 Å². The fourth-order valence-corrected chi connectivity index (χ4v) is 4.87. The van der Waals surface area contributed by atoms with Crippen LogP contribution in [-0.2, 0) is 16.0 Å². The van der Waals surface area contributed by atoms with Crippen molar-refractivity contribution in [3.05, 3.63) is 95.1 Å². The third kappa shape index (κ3) is 6.70. The number of hydrogen-bond acceptors (Lipinski definition) is 5. The van der Waals surface area contributed by atoms with Crippen molar-refractivity contribution in [1.82, 2.24) is 5.32 Å². The Balaban J connectivity index is 1.59. The molecule has 37 heavy (non-hydrogen) atoms. The van der Waals surface area contributed by atoms with E-state index in [0.717, 1.165) is 29.8 Å². The number of para-hydroxylation sites is 1. The summed E-state index contributed by atoms with van der Waals surface area (Å²) in [5, 5.41) is 3.29. The molecule has 3 aromatic rings. The molecule has 1 N–H and O–H groups in total. The Hall–Kier alpha value is -3.80. The van der Waals surface area contributed by atoms with E-state index >= 15 is 0 Å². The van der Waals surface area contributed by atoms with Crippen molar-refractivity contribution < 1.29 is 19.1 Å². The molecule has 0 aromatic heterocycles. The smallest absolute Gasteiger partial charge is 0.341 e. The van der Waals surface area contributed by atoms with E-state index in [4.69, 9.17) is 9.47 Å². The van der Waals surface area contributed by atoms with Crippen LogP contribution >= 0.6 is 0 Å². The largest absolute Gasteiger partial charge is 0.493 e. The zero-order chi connectivity index (χ0) is 26.0. The number of amides is 1. The summed E-state index contributed by atoms with van der Waals surface area (Å²) in [7, 11) is 0. The number of benzene rings is 3. The van der Waals surface area contributed by atoms with Gasteiger partial charge in [-0.3, -0.25) is 4.79 Å². The van der Waals surface area contributed by atoms with Crippen LogP contribution in [0.3, 0.4) is 0 Å². The zero-order valence-electron chi connectivity index (χ0n) is 21.7. The molecule has 0 spiro atoms. The van der Waals surface area contributed by atoms with E-state index in [1.807, 2.05) is 31.2 Å². The maximum absolute atomic E-state index is 13.4. The molecule has 194 valence electrons. The highest BCUT2D eigenvalue weighted by Crippen LogP contribution is 2.32. The van der Waals surface area contributed by atoms with Crippen molar-refractivity contribution in [3.63, 3.8) is 0 Å². The van der Waals surface area contributed by atoms with Gasteiger partial charge in [-0.2, -0.15) is 0 Å². The van der Waals surface area contributed by atoms with Crippen molar-refractivity contribution in [3.8, 4) is 5.75 Å². The average Bonchev–Trinajstić information content (AvgIpc) is 2.93. The monoisotopic (exact) mass is 500 g/mol. The first-order valence-corrected chi connectivity index (χ1v) is 13.2. The highest BCUT2D eigenvalue weighted by atomic mass is 16.5. The Morgan fingerprint density at radius 2 is 1.62 bits per heavy atom. The van der Waals surface area contributed by atoms with Gasteiger partial charge in [0, 0.05) is 24.3 Å². The van der Waals surface area contributed by atoms with Gasteiger partial charge >= 0.3 is 5.97 Å². The number of anilines is 1. The summed E-state index contributed by atoms with van der Waals surface area (Å²) >= 11 is 0. The van der Waals surface area contributed by atoms with Gasteiger partial charge in [0.05, 0.1) is 25.7 Å². The summed E-state index contributed by atoms with van der Waals surface area (Å²) in [5.41, 5.74) is 4.44. The normalized spacial score (nSPS) is 14.1. The molecule has 1 aliphatic rings. The molecule has 0 saturated carbocycles. The second-order valence-electron chi connectivity index (χ2n) is 9.18. The minimum Gasteiger partial charge on any atom is -0.493 e. The van der Waals surface area contributed by atoms with Crippen LogP contribution in [0, 0.1) is 0 Å². The van der Waals surface area contributed by atoms with Crippen LogP contribution in [0.25, 0.3) is 0 Å². The first kappa shape index (κ1) is 26.3. The minimum absolute atomic E-state index is 0.103. The average molecular weight is 501 g/mol. The van der Waals surface area contributed by atoms with E-state index in [0.29, 0.717) is 17.9 Å². The van der Waals surface area contributed by atoms with Gasteiger partial charge in [-0.1, -0.05) is 54.6 Å². The molecule has 1 unspecified atom stereocenters. The fourth-order valence-electron chi connectivity index (χ4n) is 4.87. The Bertz CT molecular complexity index is 1190. The van der Waals surface area contributed by atoms with Crippen LogP contribution in [0.1, 0.15) is 66.2 Å². The van der Waals surface area contributed by atoms with Crippen LogP contribution in [-0.4, -0.2) is 38.2 Å². The number of piperidine rings is 1. The SMILES string of the molecule is CCOC(=O)c1ccc(CC(=O)NC(c2ccccc2)c2ccccc2N2CCCCC2)cc1OCC. The molecule has 6 nitrogen and oxygen atoms in total. The lowest BCUT2D eigenvalue weighted by atomic mass is 9.95. The van der Waals surface area contributed by atoms with Crippen molar-refractivity contribution in [1.29, 1.82) is 0 Å². The zero-order valence-corrected chi connectivity index (χ0v) is 21.7. The van der Waals surface area contributed by atoms with Gasteiger partial charge in [0.2, 0.25) is 5.91 Å². The van der Waals surface area contributed by atoms with E-state index in [1.54, 1.807) is 25.1 Å². The van der Waals surface area contributed by atoms with Crippen LogP contribution in [0.2, 0.25) is 0 Å². The fraction of sp³-hybridized carbons (Fsp3) is 0.355. The Morgan fingerprint density at radius 3 is 2.35 bits per heavy atom. The first-order chi connectivity index (χ1) is 18.1. The molecule has 0 aliphatic carbocycles. The second kappa shape index (κ2) is 12.9. The molecule has 0 bridgehead atoms. The molecule has 3 aromatic carbocycles. The molecule has 0 radical (unpaired) electrons. The van der Waals surface area contributed by atoms with Crippen LogP contribution in [0.15, 0.2) is 72.8 Å². The standard InChI is InChI=1S/C31H36N2O4/c1-3-36-28-21-23(17-18-26(28)31(35)37-4-2)22-29(34)32-30(24-13-7-5-8-14-24)25-15-9-10-16-27(25)33-19-11-6-12-20-33/h5,7-10,13-18,21,30H,3-4,6,11-12,19-20,22H2,1-2H3,(H,32,34). The highest BCUT2D eigenvalue weighted by Gasteiger charge is 2.23. The summed E-state index contributed by atoms with van der Waals surface area (Å²) in [6, 6.07) is 23.4. The van der Waals surface area contributed by atoms with Gasteiger partial charge in [0.1, 0.15) is 11.3 Å². The first-order valence-electron chi connectivity index (χ1n) is 13.2. The quantitative estimate of drug-likeness (QED) is 0.362. The maximum atomic E-state index is 13.4. The summed E-state index contributed by atoms with van der Waals surface area (Å²) in [4.78, 5) is 28.1. The maximum Gasteiger partial charge on any atom is 0.341 e. The van der Waals surface area contributed by atoms with Crippen molar-refractivity contribution in [2.24, 2.45) is 0 Å².